The van der Waals surface area contributed by atoms with E-state index in [0.29, 0.717) is 24.0 Å². The average molecular weight is 449 g/mol. The summed E-state index contributed by atoms with van der Waals surface area (Å²) in [6.45, 7) is 1.16. The molecule has 3 rings (SSSR count). The van der Waals surface area contributed by atoms with Gasteiger partial charge < -0.3 is 24.8 Å². The minimum Gasteiger partial charge on any atom is -0.482 e. The smallest absolute Gasteiger partial charge is 0.341 e. The first-order valence-corrected chi connectivity index (χ1v) is 11.9. The summed E-state index contributed by atoms with van der Waals surface area (Å²) in [6, 6.07) is 5.79. The summed E-state index contributed by atoms with van der Waals surface area (Å²) < 4.78 is 11.0. The molecule has 32 heavy (non-hydrogen) atoms. The molecule has 5 atom stereocenters. The van der Waals surface area contributed by atoms with Gasteiger partial charge in [0.25, 0.3) is 0 Å². The molecule has 0 spiro atoms. The van der Waals surface area contributed by atoms with Gasteiger partial charge in [-0.3, -0.25) is 0 Å². The van der Waals surface area contributed by atoms with Crippen LogP contribution in [0.1, 0.15) is 63.0 Å². The first-order chi connectivity index (χ1) is 15.4. The maximum Gasteiger partial charge on any atom is 0.341 e. The van der Waals surface area contributed by atoms with Gasteiger partial charge in [-0.1, -0.05) is 31.9 Å². The van der Waals surface area contributed by atoms with Crippen LogP contribution in [0.5, 0.6) is 5.75 Å². The normalized spacial score (nSPS) is 25.0. The molecule has 0 aliphatic heterocycles. The van der Waals surface area contributed by atoms with Gasteiger partial charge in [0.15, 0.2) is 6.61 Å². The predicted octanol–water partition coefficient (Wildman–Crippen LogP) is 3.13. The van der Waals surface area contributed by atoms with Gasteiger partial charge in [-0.2, -0.15) is 0 Å². The molecule has 7 heteroatoms. The summed E-state index contributed by atoms with van der Waals surface area (Å²) in [5.74, 6) is -0.140. The summed E-state index contributed by atoms with van der Waals surface area (Å²) in [6.07, 6.45) is 7.11. The van der Waals surface area contributed by atoms with Crippen LogP contribution in [0.25, 0.3) is 0 Å². The van der Waals surface area contributed by atoms with Gasteiger partial charge in [-0.25, -0.2) is 9.59 Å². The van der Waals surface area contributed by atoms with E-state index >= 15 is 0 Å². The van der Waals surface area contributed by atoms with Crippen molar-refractivity contribution in [1.82, 2.24) is 0 Å². The van der Waals surface area contributed by atoms with Crippen molar-refractivity contribution in [3.05, 3.63) is 29.3 Å². The first-order valence-electron chi connectivity index (χ1n) is 11.9. The Labute approximate surface area is 189 Å². The standard InChI is InChI=1S/C25H36O7/c1-2-3-4-7-18(32-25(30)14-26)9-10-19-20-11-16-6-5-8-23(31-15-24(28)29)21(16)12-17(20)13-22(19)27/h5-6,8,17-20,22,26-27H,2-4,7,9-15H2,1H3,(H,28,29)/t17?,18?,19?,20?,22-/m1/s1. The van der Waals surface area contributed by atoms with Crippen LogP contribution in [-0.4, -0.2) is 52.7 Å². The van der Waals surface area contributed by atoms with E-state index in [4.69, 9.17) is 19.7 Å². The molecular weight excluding hydrogens is 412 g/mol. The van der Waals surface area contributed by atoms with E-state index in [9.17, 15) is 14.7 Å². The molecule has 1 fully saturated rings. The fourth-order valence-corrected chi connectivity index (χ4v) is 5.56. The summed E-state index contributed by atoms with van der Waals surface area (Å²) in [5, 5.41) is 28.8. The summed E-state index contributed by atoms with van der Waals surface area (Å²) >= 11 is 0. The highest BCUT2D eigenvalue weighted by molar-refractivity contribution is 5.70. The number of rotatable bonds is 12. The number of carbonyl (C=O) groups is 2. The number of fused-ring (bicyclic) bond motifs is 2. The highest BCUT2D eigenvalue weighted by atomic mass is 16.6. The highest BCUT2D eigenvalue weighted by Gasteiger charge is 2.45. The van der Waals surface area contributed by atoms with Crippen LogP contribution in [0.2, 0.25) is 0 Å². The van der Waals surface area contributed by atoms with E-state index in [-0.39, 0.29) is 18.6 Å². The molecule has 0 radical (unpaired) electrons. The first kappa shape index (κ1) is 24.5. The maximum absolute atomic E-state index is 11.6. The van der Waals surface area contributed by atoms with Gasteiger partial charge in [0.2, 0.25) is 0 Å². The zero-order valence-electron chi connectivity index (χ0n) is 18.9. The molecule has 0 bridgehead atoms. The number of hydrogen-bond acceptors (Lipinski definition) is 6. The number of ether oxygens (including phenoxy) is 2. The van der Waals surface area contributed by atoms with Crippen molar-refractivity contribution in [2.45, 2.75) is 76.9 Å². The van der Waals surface area contributed by atoms with Crippen LogP contribution < -0.4 is 4.74 Å². The van der Waals surface area contributed by atoms with Crippen LogP contribution in [0, 0.1) is 17.8 Å². The molecule has 1 aromatic carbocycles. The SMILES string of the molecule is CCCCCC(CCC1C2Cc3cccc(OCC(=O)O)c3CC2C[C@H]1O)OC(=O)CO. The highest BCUT2D eigenvalue weighted by Crippen LogP contribution is 2.48. The molecule has 2 aliphatic carbocycles. The summed E-state index contributed by atoms with van der Waals surface area (Å²) in [7, 11) is 0. The largest absolute Gasteiger partial charge is 0.482 e. The monoisotopic (exact) mass is 448 g/mol. The number of aliphatic hydroxyl groups is 2. The Morgan fingerprint density at radius 1 is 1.19 bits per heavy atom. The van der Waals surface area contributed by atoms with E-state index in [0.717, 1.165) is 56.9 Å². The Balaban J connectivity index is 1.65. The molecule has 1 aromatic rings. The molecule has 0 amide bonds. The van der Waals surface area contributed by atoms with E-state index < -0.39 is 24.6 Å². The molecule has 0 aromatic heterocycles. The number of unbranched alkanes of at least 4 members (excludes halogenated alkanes) is 2. The topological polar surface area (TPSA) is 113 Å². The molecule has 1 saturated carbocycles. The second-order valence-corrected chi connectivity index (χ2v) is 9.22. The quantitative estimate of drug-likeness (QED) is 0.333. The van der Waals surface area contributed by atoms with Crippen molar-refractivity contribution < 1.29 is 34.4 Å². The maximum atomic E-state index is 11.6. The summed E-state index contributed by atoms with van der Waals surface area (Å²) in [4.78, 5) is 22.5. The molecule has 178 valence electrons. The lowest BCUT2D eigenvalue weighted by atomic mass is 9.73. The second-order valence-electron chi connectivity index (χ2n) is 9.22. The van der Waals surface area contributed by atoms with Crippen molar-refractivity contribution in [2.24, 2.45) is 17.8 Å². The van der Waals surface area contributed by atoms with Crippen molar-refractivity contribution in [1.29, 1.82) is 0 Å². The number of benzene rings is 1. The lowest BCUT2D eigenvalue weighted by molar-refractivity contribution is -0.153. The molecular formula is C25H36O7. The second kappa shape index (κ2) is 11.7. The van der Waals surface area contributed by atoms with Gasteiger partial charge in [0.1, 0.15) is 18.5 Å². The molecule has 2 aliphatic rings. The molecule has 3 N–H and O–H groups in total. The van der Waals surface area contributed by atoms with E-state index in [1.165, 1.54) is 5.56 Å². The molecule has 0 saturated heterocycles. The van der Waals surface area contributed by atoms with E-state index in [1.807, 2.05) is 12.1 Å². The minimum absolute atomic E-state index is 0.137. The van der Waals surface area contributed by atoms with Gasteiger partial charge >= 0.3 is 11.9 Å². The zero-order chi connectivity index (χ0) is 23.1. The van der Waals surface area contributed by atoms with Crippen LogP contribution in [0.3, 0.4) is 0 Å². The number of esters is 1. The Bertz CT molecular complexity index is 778. The van der Waals surface area contributed by atoms with Crippen molar-refractivity contribution in [3.63, 3.8) is 0 Å². The number of hydrogen-bond donors (Lipinski definition) is 3. The Morgan fingerprint density at radius 3 is 2.72 bits per heavy atom. The Kier molecular flexibility index (Phi) is 8.93. The number of carboxylic acid groups (broad SMARTS) is 1. The van der Waals surface area contributed by atoms with Crippen molar-refractivity contribution >= 4 is 11.9 Å². The van der Waals surface area contributed by atoms with Gasteiger partial charge in [0.05, 0.1) is 6.10 Å². The van der Waals surface area contributed by atoms with Crippen LogP contribution >= 0.6 is 0 Å². The molecule has 7 nitrogen and oxygen atoms in total. The fraction of sp³-hybridized carbons (Fsp3) is 0.680. The lowest BCUT2D eigenvalue weighted by Crippen LogP contribution is -2.29. The number of carbonyl (C=O) groups excluding carboxylic acids is 1. The predicted molar refractivity (Wildman–Crippen MR) is 118 cm³/mol. The van der Waals surface area contributed by atoms with Gasteiger partial charge in [-0.15, -0.1) is 0 Å². The van der Waals surface area contributed by atoms with Crippen molar-refractivity contribution in [2.75, 3.05) is 13.2 Å². The minimum atomic E-state index is -0.997. The molecule has 0 heterocycles. The summed E-state index contributed by atoms with van der Waals surface area (Å²) in [5.41, 5.74) is 2.23. The van der Waals surface area contributed by atoms with Crippen LogP contribution in [-0.2, 0) is 27.2 Å². The van der Waals surface area contributed by atoms with Crippen LogP contribution in [0.4, 0.5) is 0 Å². The number of carboxylic acids is 1. The lowest BCUT2D eigenvalue weighted by Gasteiger charge is -2.32. The fourth-order valence-electron chi connectivity index (χ4n) is 5.56. The number of aliphatic carboxylic acids is 1. The Morgan fingerprint density at radius 2 is 2.00 bits per heavy atom. The van der Waals surface area contributed by atoms with Gasteiger partial charge in [0, 0.05) is 0 Å². The zero-order valence-corrected chi connectivity index (χ0v) is 18.9. The van der Waals surface area contributed by atoms with Gasteiger partial charge in [-0.05, 0) is 79.9 Å². The van der Waals surface area contributed by atoms with Crippen LogP contribution in [0.15, 0.2) is 18.2 Å². The van der Waals surface area contributed by atoms with Crippen molar-refractivity contribution in [3.8, 4) is 5.75 Å². The third-order valence-corrected chi connectivity index (χ3v) is 7.08. The Hall–Kier alpha value is -2.12. The third-order valence-electron chi connectivity index (χ3n) is 7.08. The number of aliphatic hydroxyl groups excluding tert-OH is 2. The average Bonchev–Trinajstić information content (AvgIpc) is 3.08. The van der Waals surface area contributed by atoms with E-state index in [2.05, 4.69) is 13.0 Å². The molecule has 4 unspecified atom stereocenters. The van der Waals surface area contributed by atoms with E-state index in [1.54, 1.807) is 0 Å². The third kappa shape index (κ3) is 6.23.